The molecular weight excluding hydrogens is 230 g/mol. The van der Waals surface area contributed by atoms with Crippen LogP contribution in [0.1, 0.15) is 24.2 Å². The number of hydrogen-bond acceptors (Lipinski definition) is 4. The predicted molar refractivity (Wildman–Crippen MR) is 68.4 cm³/mol. The molecule has 0 saturated heterocycles. The van der Waals surface area contributed by atoms with Gasteiger partial charge in [0.25, 0.3) is 5.91 Å². The standard InChI is InChI=1S/C13H19N3O2/c1-9-3-6-12(18-8-13(17)14-2)11(16-9)7-15-10-4-5-10/h3,6,10,15H,4-5,7-8H2,1-2H3,(H,14,17). The smallest absolute Gasteiger partial charge is 0.257 e. The van der Waals surface area contributed by atoms with Crippen molar-refractivity contribution in [2.75, 3.05) is 13.7 Å². The van der Waals surface area contributed by atoms with Gasteiger partial charge in [0.1, 0.15) is 5.75 Å². The summed E-state index contributed by atoms with van der Waals surface area (Å²) < 4.78 is 5.48. The highest BCUT2D eigenvalue weighted by Gasteiger charge is 2.21. The van der Waals surface area contributed by atoms with Gasteiger partial charge in [-0.3, -0.25) is 9.78 Å². The van der Waals surface area contributed by atoms with Crippen LogP contribution >= 0.6 is 0 Å². The van der Waals surface area contributed by atoms with Gasteiger partial charge in [0.15, 0.2) is 6.61 Å². The normalized spacial score (nSPS) is 14.3. The SMILES string of the molecule is CNC(=O)COc1ccc(C)nc1CNC1CC1. The number of aromatic nitrogens is 1. The Balaban J connectivity index is 1.99. The number of rotatable bonds is 6. The lowest BCUT2D eigenvalue weighted by Crippen LogP contribution is -2.25. The van der Waals surface area contributed by atoms with Crippen LogP contribution in [0.25, 0.3) is 0 Å². The lowest BCUT2D eigenvalue weighted by atomic mass is 10.3. The molecule has 0 bridgehead atoms. The molecule has 5 nitrogen and oxygen atoms in total. The maximum absolute atomic E-state index is 11.2. The van der Waals surface area contributed by atoms with Gasteiger partial charge in [-0.15, -0.1) is 0 Å². The summed E-state index contributed by atoms with van der Waals surface area (Å²) in [4.78, 5) is 15.6. The molecule has 18 heavy (non-hydrogen) atoms. The van der Waals surface area contributed by atoms with E-state index in [9.17, 15) is 4.79 Å². The number of carbonyl (C=O) groups is 1. The highest BCUT2D eigenvalue weighted by molar-refractivity contribution is 5.77. The number of amides is 1. The van der Waals surface area contributed by atoms with Crippen molar-refractivity contribution in [2.24, 2.45) is 0 Å². The Morgan fingerprint density at radius 3 is 2.94 bits per heavy atom. The number of carbonyl (C=O) groups excluding carboxylic acids is 1. The molecule has 0 atom stereocenters. The average molecular weight is 249 g/mol. The topological polar surface area (TPSA) is 63.2 Å². The van der Waals surface area contributed by atoms with Crippen molar-refractivity contribution >= 4 is 5.91 Å². The monoisotopic (exact) mass is 249 g/mol. The van der Waals surface area contributed by atoms with Crippen LogP contribution in [-0.2, 0) is 11.3 Å². The largest absolute Gasteiger partial charge is 0.482 e. The fraction of sp³-hybridized carbons (Fsp3) is 0.538. The second kappa shape index (κ2) is 5.82. The molecule has 1 fully saturated rings. The third kappa shape index (κ3) is 3.70. The number of likely N-dealkylation sites (N-methyl/N-ethyl adjacent to an activating group) is 1. The molecule has 1 heterocycles. The van der Waals surface area contributed by atoms with Crippen molar-refractivity contribution < 1.29 is 9.53 Å². The highest BCUT2D eigenvalue weighted by Crippen LogP contribution is 2.22. The Kier molecular flexibility index (Phi) is 4.15. The molecule has 1 aliphatic carbocycles. The molecule has 0 unspecified atom stereocenters. The lowest BCUT2D eigenvalue weighted by molar-refractivity contribution is -0.122. The van der Waals surface area contributed by atoms with Crippen LogP contribution in [0.4, 0.5) is 0 Å². The van der Waals surface area contributed by atoms with E-state index in [0.717, 1.165) is 11.4 Å². The highest BCUT2D eigenvalue weighted by atomic mass is 16.5. The molecule has 98 valence electrons. The van der Waals surface area contributed by atoms with Crippen LogP contribution in [0, 0.1) is 6.92 Å². The van der Waals surface area contributed by atoms with Crippen LogP contribution in [-0.4, -0.2) is 30.6 Å². The van der Waals surface area contributed by atoms with E-state index >= 15 is 0 Å². The van der Waals surface area contributed by atoms with Gasteiger partial charge in [-0.05, 0) is 31.9 Å². The summed E-state index contributed by atoms with van der Waals surface area (Å²) in [5.74, 6) is 0.536. The molecule has 1 aliphatic rings. The molecule has 2 N–H and O–H groups in total. The van der Waals surface area contributed by atoms with Crippen molar-refractivity contribution in [2.45, 2.75) is 32.4 Å². The van der Waals surface area contributed by atoms with E-state index in [-0.39, 0.29) is 12.5 Å². The third-order valence-electron chi connectivity index (χ3n) is 2.84. The van der Waals surface area contributed by atoms with E-state index < -0.39 is 0 Å². The minimum absolute atomic E-state index is 0.0255. The van der Waals surface area contributed by atoms with Gasteiger partial charge in [0.2, 0.25) is 0 Å². The van der Waals surface area contributed by atoms with Crippen LogP contribution < -0.4 is 15.4 Å². The number of nitrogens with zero attached hydrogens (tertiary/aromatic N) is 1. The summed E-state index contributed by atoms with van der Waals surface area (Å²) in [5, 5.41) is 5.93. The molecule has 0 radical (unpaired) electrons. The number of nitrogens with one attached hydrogen (secondary N) is 2. The zero-order valence-electron chi connectivity index (χ0n) is 10.8. The zero-order chi connectivity index (χ0) is 13.0. The van der Waals surface area contributed by atoms with E-state index in [2.05, 4.69) is 15.6 Å². The van der Waals surface area contributed by atoms with E-state index in [1.807, 2.05) is 19.1 Å². The van der Waals surface area contributed by atoms with Gasteiger partial charge in [-0.2, -0.15) is 0 Å². The summed E-state index contributed by atoms with van der Waals surface area (Å²) >= 11 is 0. The van der Waals surface area contributed by atoms with Gasteiger partial charge in [-0.1, -0.05) is 0 Å². The van der Waals surface area contributed by atoms with Crippen LogP contribution in [0.15, 0.2) is 12.1 Å². The van der Waals surface area contributed by atoms with E-state index in [0.29, 0.717) is 18.3 Å². The quantitative estimate of drug-likeness (QED) is 0.781. The van der Waals surface area contributed by atoms with Crippen molar-refractivity contribution in [3.8, 4) is 5.75 Å². The molecule has 1 aromatic heterocycles. The zero-order valence-corrected chi connectivity index (χ0v) is 10.8. The average Bonchev–Trinajstić information content (AvgIpc) is 3.18. The fourth-order valence-corrected chi connectivity index (χ4v) is 1.60. The maximum Gasteiger partial charge on any atom is 0.257 e. The van der Waals surface area contributed by atoms with E-state index in [1.54, 1.807) is 7.05 Å². The Morgan fingerprint density at radius 2 is 2.28 bits per heavy atom. The number of pyridine rings is 1. The summed E-state index contributed by atoms with van der Waals surface area (Å²) in [6.45, 7) is 2.66. The molecule has 5 heteroatoms. The number of hydrogen-bond donors (Lipinski definition) is 2. The first-order valence-electron chi connectivity index (χ1n) is 6.22. The first-order valence-corrected chi connectivity index (χ1v) is 6.22. The Hall–Kier alpha value is -1.62. The minimum Gasteiger partial charge on any atom is -0.482 e. The predicted octanol–water partition coefficient (Wildman–Crippen LogP) is 0.767. The molecule has 1 saturated carbocycles. The van der Waals surface area contributed by atoms with Crippen molar-refractivity contribution in [1.29, 1.82) is 0 Å². The van der Waals surface area contributed by atoms with Crippen LogP contribution in [0.5, 0.6) is 5.75 Å². The van der Waals surface area contributed by atoms with Crippen LogP contribution in [0.3, 0.4) is 0 Å². The van der Waals surface area contributed by atoms with E-state index in [1.165, 1.54) is 12.8 Å². The summed E-state index contributed by atoms with van der Waals surface area (Å²) in [6.07, 6.45) is 2.47. The van der Waals surface area contributed by atoms with Gasteiger partial charge in [0, 0.05) is 25.3 Å². The van der Waals surface area contributed by atoms with Crippen molar-refractivity contribution in [3.63, 3.8) is 0 Å². The summed E-state index contributed by atoms with van der Waals surface area (Å²) in [7, 11) is 1.59. The molecule has 1 amide bonds. The molecule has 2 rings (SSSR count). The minimum atomic E-state index is -0.142. The lowest BCUT2D eigenvalue weighted by Gasteiger charge is -2.11. The van der Waals surface area contributed by atoms with Gasteiger partial charge >= 0.3 is 0 Å². The third-order valence-corrected chi connectivity index (χ3v) is 2.84. The van der Waals surface area contributed by atoms with Gasteiger partial charge < -0.3 is 15.4 Å². The Labute approximate surface area is 107 Å². The second-order valence-corrected chi connectivity index (χ2v) is 4.51. The summed E-state index contributed by atoms with van der Waals surface area (Å²) in [6, 6.07) is 4.38. The van der Waals surface area contributed by atoms with Gasteiger partial charge in [-0.25, -0.2) is 0 Å². The molecule has 0 aromatic carbocycles. The van der Waals surface area contributed by atoms with Crippen LogP contribution in [0.2, 0.25) is 0 Å². The molecule has 0 aliphatic heterocycles. The molecule has 0 spiro atoms. The summed E-state index contributed by atoms with van der Waals surface area (Å²) in [5.41, 5.74) is 1.82. The second-order valence-electron chi connectivity index (χ2n) is 4.51. The maximum atomic E-state index is 11.2. The van der Waals surface area contributed by atoms with E-state index in [4.69, 9.17) is 4.74 Å². The number of ether oxygens (including phenoxy) is 1. The molecular formula is C13H19N3O2. The van der Waals surface area contributed by atoms with Crippen molar-refractivity contribution in [1.82, 2.24) is 15.6 Å². The van der Waals surface area contributed by atoms with Gasteiger partial charge in [0.05, 0.1) is 5.69 Å². The Bertz CT molecular complexity index is 430. The number of aryl methyl sites for hydroxylation is 1. The first-order chi connectivity index (χ1) is 8.69. The van der Waals surface area contributed by atoms with Crippen molar-refractivity contribution in [3.05, 3.63) is 23.5 Å². The fourth-order valence-electron chi connectivity index (χ4n) is 1.60. The Morgan fingerprint density at radius 1 is 1.50 bits per heavy atom. The first kappa shape index (κ1) is 12.8. The molecule has 1 aromatic rings.